The molecule has 4 aromatic carbocycles. The molecule has 0 saturated carbocycles. The Morgan fingerprint density at radius 3 is 2.17 bits per heavy atom. The summed E-state index contributed by atoms with van der Waals surface area (Å²) in [7, 11) is 0. The first kappa shape index (κ1) is 33.0. The summed E-state index contributed by atoms with van der Waals surface area (Å²) in [5.41, 5.74) is 11.0. The van der Waals surface area contributed by atoms with Crippen LogP contribution in [0.2, 0.25) is 0 Å². The average molecular weight is 779 g/mol. The smallest absolute Gasteiger partial charge is 0.120 e. The summed E-state index contributed by atoms with van der Waals surface area (Å²) in [6.07, 6.45) is 5.00. The van der Waals surface area contributed by atoms with E-state index in [-0.39, 0.29) is 20.1 Å². The summed E-state index contributed by atoms with van der Waals surface area (Å²) in [4.78, 5) is 9.23. The number of pyridine rings is 2. The molecule has 0 N–H and O–H groups in total. The van der Waals surface area contributed by atoms with Crippen LogP contribution in [0.25, 0.3) is 44.5 Å². The third-order valence-corrected chi connectivity index (χ3v) is 8.10. The first-order valence-electron chi connectivity index (χ1n) is 15.5. The van der Waals surface area contributed by atoms with Crippen molar-refractivity contribution in [2.45, 2.75) is 47.0 Å². The second-order valence-corrected chi connectivity index (χ2v) is 12.8. The predicted molar refractivity (Wildman–Crippen MR) is 186 cm³/mol. The molecule has 1 radical (unpaired) electrons. The van der Waals surface area contributed by atoms with Crippen LogP contribution in [-0.2, 0) is 26.5 Å². The van der Waals surface area contributed by atoms with Gasteiger partial charge in [-0.3, -0.25) is 0 Å². The van der Waals surface area contributed by atoms with Gasteiger partial charge in [-0.1, -0.05) is 111 Å². The van der Waals surface area contributed by atoms with Gasteiger partial charge in [0.05, 0.1) is 5.58 Å². The predicted octanol–water partition coefficient (Wildman–Crippen LogP) is 11.0. The monoisotopic (exact) mass is 779 g/mol. The summed E-state index contributed by atoms with van der Waals surface area (Å²) in [6, 6.07) is 43.6. The minimum Gasteiger partial charge on any atom is -0.501 e. The molecule has 3 aromatic heterocycles. The molecular formula is C42H38IrN2O-2. The molecule has 3 nitrogen and oxygen atoms in total. The number of para-hydroxylation sites is 1. The van der Waals surface area contributed by atoms with Crippen LogP contribution < -0.4 is 0 Å². The number of furan rings is 1. The Morgan fingerprint density at radius 2 is 1.46 bits per heavy atom. The van der Waals surface area contributed by atoms with Crippen LogP contribution in [0.5, 0.6) is 0 Å². The number of rotatable bonds is 5. The van der Waals surface area contributed by atoms with Gasteiger partial charge < -0.3 is 14.4 Å². The quantitative estimate of drug-likeness (QED) is 0.163. The molecule has 7 rings (SSSR count). The van der Waals surface area contributed by atoms with E-state index in [0.717, 1.165) is 50.9 Å². The number of hydrogen-bond acceptors (Lipinski definition) is 3. The minimum absolute atomic E-state index is 0. The van der Waals surface area contributed by atoms with E-state index in [1.54, 1.807) is 0 Å². The number of aromatic nitrogens is 2. The number of benzene rings is 4. The molecule has 0 aliphatic heterocycles. The topological polar surface area (TPSA) is 38.9 Å². The van der Waals surface area contributed by atoms with Crippen molar-refractivity contribution in [1.29, 1.82) is 0 Å². The first-order chi connectivity index (χ1) is 21.8. The second-order valence-electron chi connectivity index (χ2n) is 12.8. The van der Waals surface area contributed by atoms with Crippen molar-refractivity contribution in [3.63, 3.8) is 0 Å². The van der Waals surface area contributed by atoms with Gasteiger partial charge in [0.1, 0.15) is 5.58 Å². The Kier molecular flexibility index (Phi) is 10.3. The molecule has 7 aromatic rings. The van der Waals surface area contributed by atoms with Crippen molar-refractivity contribution in [3.05, 3.63) is 156 Å². The van der Waals surface area contributed by atoms with Gasteiger partial charge in [-0.2, -0.15) is 0 Å². The van der Waals surface area contributed by atoms with Crippen molar-refractivity contribution in [2.24, 2.45) is 5.41 Å². The third kappa shape index (κ3) is 7.53. The van der Waals surface area contributed by atoms with E-state index < -0.39 is 0 Å². The van der Waals surface area contributed by atoms with E-state index in [9.17, 15) is 0 Å². The summed E-state index contributed by atoms with van der Waals surface area (Å²) < 4.78 is 6.11. The molecule has 0 aliphatic rings. The van der Waals surface area contributed by atoms with E-state index in [2.05, 4.69) is 112 Å². The maximum atomic E-state index is 6.11. The molecule has 1 unspecified atom stereocenters. The van der Waals surface area contributed by atoms with Gasteiger partial charge in [-0.05, 0) is 52.9 Å². The fourth-order valence-corrected chi connectivity index (χ4v) is 5.65. The molecule has 1 atom stereocenters. The number of aryl methyl sites for hydroxylation is 1. The first-order valence-corrected chi connectivity index (χ1v) is 15.5. The fraction of sp³-hybridized carbons (Fsp3) is 0.190. The molecule has 0 bridgehead atoms. The molecule has 233 valence electrons. The maximum Gasteiger partial charge on any atom is 0.120 e. The van der Waals surface area contributed by atoms with E-state index in [4.69, 9.17) is 9.40 Å². The molecular weight excluding hydrogens is 741 g/mol. The Hall–Kier alpha value is -4.37. The normalized spacial score (nSPS) is 11.8. The maximum absolute atomic E-state index is 6.11. The minimum atomic E-state index is 0. The van der Waals surface area contributed by atoms with Crippen LogP contribution in [0.1, 0.15) is 55.9 Å². The third-order valence-electron chi connectivity index (χ3n) is 8.10. The Balaban J connectivity index is 0.000000193. The summed E-state index contributed by atoms with van der Waals surface area (Å²) >= 11 is 0. The van der Waals surface area contributed by atoms with Crippen molar-refractivity contribution in [1.82, 2.24) is 9.97 Å². The zero-order valence-corrected chi connectivity index (χ0v) is 29.4. The van der Waals surface area contributed by atoms with E-state index in [0.29, 0.717) is 11.3 Å². The molecule has 0 aliphatic carbocycles. The van der Waals surface area contributed by atoms with Crippen molar-refractivity contribution < 1.29 is 24.5 Å². The summed E-state index contributed by atoms with van der Waals surface area (Å²) in [6.45, 7) is 11.1. The van der Waals surface area contributed by atoms with Gasteiger partial charge in [0.25, 0.3) is 0 Å². The van der Waals surface area contributed by atoms with E-state index in [1.165, 1.54) is 22.3 Å². The van der Waals surface area contributed by atoms with Crippen LogP contribution in [0, 0.1) is 24.5 Å². The zero-order valence-electron chi connectivity index (χ0n) is 27.0. The second kappa shape index (κ2) is 14.4. The molecule has 0 spiro atoms. The van der Waals surface area contributed by atoms with Crippen LogP contribution in [0.3, 0.4) is 0 Å². The van der Waals surface area contributed by atoms with Crippen LogP contribution >= 0.6 is 0 Å². The average Bonchev–Trinajstić information content (AvgIpc) is 3.45. The summed E-state index contributed by atoms with van der Waals surface area (Å²) in [5, 5.41) is 2.22. The Bertz CT molecular complexity index is 2030. The van der Waals surface area contributed by atoms with Crippen molar-refractivity contribution in [3.8, 4) is 22.5 Å². The molecule has 3 heterocycles. The van der Waals surface area contributed by atoms with Gasteiger partial charge in [0, 0.05) is 43.8 Å². The molecule has 46 heavy (non-hydrogen) atoms. The van der Waals surface area contributed by atoms with Crippen molar-refractivity contribution >= 4 is 21.9 Å². The number of nitrogens with zero attached hydrogens (tertiary/aromatic N) is 2. The van der Waals surface area contributed by atoms with Gasteiger partial charge in [0.2, 0.25) is 0 Å². The SMILES string of the molecule is CC(c1ccccc1)c1ccc(-c2[c-]ccc3c2oc2ccccc23)nc1.Cc1cnc(-c2[c-]cccc2)cc1CC(C)(C)C.[Ir]. The van der Waals surface area contributed by atoms with E-state index >= 15 is 0 Å². The van der Waals surface area contributed by atoms with Crippen molar-refractivity contribution in [2.75, 3.05) is 0 Å². The molecule has 4 heteroatoms. The summed E-state index contributed by atoms with van der Waals surface area (Å²) in [5.74, 6) is 0.304. The number of hydrogen-bond donors (Lipinski definition) is 0. The van der Waals surface area contributed by atoms with Gasteiger partial charge in [-0.25, -0.2) is 0 Å². The van der Waals surface area contributed by atoms with Gasteiger partial charge in [-0.15, -0.1) is 54.1 Å². The van der Waals surface area contributed by atoms with Gasteiger partial charge in [0.15, 0.2) is 0 Å². The fourth-order valence-electron chi connectivity index (χ4n) is 5.65. The molecule has 0 saturated heterocycles. The van der Waals surface area contributed by atoms with Gasteiger partial charge >= 0.3 is 0 Å². The standard InChI is InChI=1S/C25H18NO.C17H20N.Ir/c1-17(18-8-3-2-4-9-18)19-14-15-23(26-16-19)22-12-7-11-21-20-10-5-6-13-24(20)27-25(21)22;1-13-12-18-16(14-8-6-5-7-9-14)10-15(13)11-17(2,3)4;/h2-11,13-17H,1H3;5-8,10,12H,11H2,1-4H3;/q2*-1;. The Morgan fingerprint density at radius 1 is 0.717 bits per heavy atom. The molecule has 0 amide bonds. The van der Waals surface area contributed by atoms with E-state index in [1.807, 2.05) is 60.9 Å². The van der Waals surface area contributed by atoms with Crippen LogP contribution in [0.4, 0.5) is 0 Å². The Labute approximate surface area is 286 Å². The van der Waals surface area contributed by atoms with Crippen LogP contribution in [-0.4, -0.2) is 9.97 Å². The van der Waals surface area contributed by atoms with Crippen LogP contribution in [0.15, 0.2) is 126 Å². The molecule has 0 fully saturated rings. The largest absolute Gasteiger partial charge is 0.501 e. The zero-order chi connectivity index (χ0) is 31.4. The number of fused-ring (bicyclic) bond motifs is 3.